The molecular weight excluding hydrogens is 266 g/mol. The second-order valence-electron chi connectivity index (χ2n) is 5.33. The Morgan fingerprint density at radius 3 is 2.10 bits per heavy atom. The third-order valence-electron chi connectivity index (χ3n) is 3.29. The van der Waals surface area contributed by atoms with Crippen LogP contribution in [0.4, 0.5) is 0 Å². The highest BCUT2D eigenvalue weighted by molar-refractivity contribution is 7.83. The molecule has 0 saturated carbocycles. The quantitative estimate of drug-likeness (QED) is 0.884. The van der Waals surface area contributed by atoms with E-state index in [1.165, 1.54) is 11.1 Å². The molecule has 0 aliphatic rings. The van der Waals surface area contributed by atoms with E-state index in [4.69, 9.17) is 0 Å². The largest absolute Gasteiger partial charge is 0.237 e. The Bertz CT molecular complexity index is 563. The van der Waals surface area contributed by atoms with Crippen LogP contribution in [-0.4, -0.2) is 4.21 Å². The summed E-state index contributed by atoms with van der Waals surface area (Å²) < 4.78 is 15.7. The highest BCUT2D eigenvalue weighted by Gasteiger charge is 2.18. The molecule has 0 spiro atoms. The van der Waals surface area contributed by atoms with Crippen LogP contribution in [0.1, 0.15) is 31.0 Å². The third-order valence-corrected chi connectivity index (χ3v) is 4.46. The molecular formula is C17H21NOS. The van der Waals surface area contributed by atoms with E-state index in [1.807, 2.05) is 49.4 Å². The van der Waals surface area contributed by atoms with E-state index in [0.29, 0.717) is 5.92 Å². The Labute approximate surface area is 123 Å². The molecule has 20 heavy (non-hydrogen) atoms. The fourth-order valence-electron chi connectivity index (χ4n) is 2.09. The maximum absolute atomic E-state index is 12.4. The lowest BCUT2D eigenvalue weighted by molar-refractivity contribution is 0.478. The second kappa shape index (κ2) is 6.82. The fourth-order valence-corrected chi connectivity index (χ4v) is 3.25. The molecule has 1 unspecified atom stereocenters. The van der Waals surface area contributed by atoms with Crippen LogP contribution in [0.2, 0.25) is 0 Å². The molecule has 0 fully saturated rings. The van der Waals surface area contributed by atoms with E-state index in [2.05, 4.69) is 30.7 Å². The average Bonchev–Trinajstić information content (AvgIpc) is 2.46. The molecule has 0 saturated heterocycles. The van der Waals surface area contributed by atoms with E-state index in [9.17, 15) is 4.21 Å². The summed E-state index contributed by atoms with van der Waals surface area (Å²) in [6.45, 7) is 6.30. The molecule has 106 valence electrons. The van der Waals surface area contributed by atoms with Gasteiger partial charge in [0.15, 0.2) is 0 Å². The molecule has 0 aliphatic heterocycles. The summed E-state index contributed by atoms with van der Waals surface area (Å²) in [5.41, 5.74) is 2.34. The van der Waals surface area contributed by atoms with Crippen molar-refractivity contribution in [1.29, 1.82) is 0 Å². The first-order chi connectivity index (χ1) is 9.58. The summed E-state index contributed by atoms with van der Waals surface area (Å²) in [6, 6.07) is 18.1. The minimum Gasteiger partial charge on any atom is -0.237 e. The van der Waals surface area contributed by atoms with Crippen molar-refractivity contribution in [3.63, 3.8) is 0 Å². The number of hydrogen-bond donors (Lipinski definition) is 1. The average molecular weight is 287 g/mol. The van der Waals surface area contributed by atoms with Crippen LogP contribution in [0.15, 0.2) is 59.5 Å². The Balaban J connectivity index is 2.17. The summed E-state index contributed by atoms with van der Waals surface area (Å²) in [7, 11) is -1.19. The second-order valence-corrected chi connectivity index (χ2v) is 6.58. The molecule has 2 rings (SSSR count). The zero-order chi connectivity index (χ0) is 14.5. The van der Waals surface area contributed by atoms with Crippen molar-refractivity contribution in [2.75, 3.05) is 0 Å². The lowest BCUT2D eigenvalue weighted by Gasteiger charge is -2.22. The van der Waals surface area contributed by atoms with Gasteiger partial charge in [0.25, 0.3) is 0 Å². The molecule has 2 aromatic carbocycles. The van der Waals surface area contributed by atoms with E-state index in [1.54, 1.807) is 0 Å². The Morgan fingerprint density at radius 2 is 1.55 bits per heavy atom. The lowest BCUT2D eigenvalue weighted by Crippen LogP contribution is -2.27. The summed E-state index contributed by atoms with van der Waals surface area (Å²) in [4.78, 5) is 0.817. The Hall–Kier alpha value is -1.45. The number of rotatable bonds is 5. The topological polar surface area (TPSA) is 29.1 Å². The maximum atomic E-state index is 12.4. The molecule has 0 radical (unpaired) electrons. The van der Waals surface area contributed by atoms with Gasteiger partial charge in [-0.25, -0.2) is 8.93 Å². The first kappa shape index (κ1) is 14.9. The molecule has 0 bridgehead atoms. The van der Waals surface area contributed by atoms with Crippen LogP contribution < -0.4 is 4.72 Å². The molecule has 0 amide bonds. The number of hydrogen-bond acceptors (Lipinski definition) is 1. The first-order valence-corrected chi connectivity index (χ1v) is 8.02. The highest BCUT2D eigenvalue weighted by atomic mass is 32.2. The van der Waals surface area contributed by atoms with Gasteiger partial charge in [0.2, 0.25) is 0 Å². The summed E-state index contributed by atoms with van der Waals surface area (Å²) in [6.07, 6.45) is 0. The van der Waals surface area contributed by atoms with E-state index < -0.39 is 11.0 Å². The van der Waals surface area contributed by atoms with Gasteiger partial charge in [0, 0.05) is 6.04 Å². The van der Waals surface area contributed by atoms with Gasteiger partial charge in [-0.1, -0.05) is 61.9 Å². The van der Waals surface area contributed by atoms with Crippen molar-refractivity contribution < 1.29 is 4.21 Å². The van der Waals surface area contributed by atoms with Gasteiger partial charge in [0.1, 0.15) is 11.0 Å². The van der Waals surface area contributed by atoms with Crippen molar-refractivity contribution in [3.8, 4) is 0 Å². The SMILES string of the molecule is Cc1ccc(S(=O)N[C@H](c2ccccc2)C(C)C)cc1. The van der Waals surface area contributed by atoms with Gasteiger partial charge < -0.3 is 0 Å². The van der Waals surface area contributed by atoms with Gasteiger partial charge in [-0.15, -0.1) is 0 Å². The number of nitrogens with one attached hydrogen (secondary N) is 1. The van der Waals surface area contributed by atoms with Gasteiger partial charge in [-0.3, -0.25) is 0 Å². The Morgan fingerprint density at radius 1 is 0.950 bits per heavy atom. The van der Waals surface area contributed by atoms with E-state index >= 15 is 0 Å². The fraction of sp³-hybridized carbons (Fsp3) is 0.294. The molecule has 2 nitrogen and oxygen atoms in total. The standard InChI is InChI=1S/C17H21NOS/c1-13(2)17(15-7-5-4-6-8-15)18-20(19)16-11-9-14(3)10-12-16/h4-13,17-18H,1-3H3/t17-,20?/m0/s1. The van der Waals surface area contributed by atoms with Crippen LogP contribution in [0.25, 0.3) is 0 Å². The normalized spacial score (nSPS) is 14.2. The first-order valence-electron chi connectivity index (χ1n) is 6.87. The van der Waals surface area contributed by atoms with Crippen LogP contribution in [0.3, 0.4) is 0 Å². The molecule has 0 aromatic heterocycles. The molecule has 2 aromatic rings. The van der Waals surface area contributed by atoms with Crippen molar-refractivity contribution in [2.24, 2.45) is 5.92 Å². The van der Waals surface area contributed by atoms with Crippen molar-refractivity contribution >= 4 is 11.0 Å². The number of benzene rings is 2. The molecule has 1 N–H and O–H groups in total. The summed E-state index contributed by atoms with van der Waals surface area (Å²) in [5, 5.41) is 0. The lowest BCUT2D eigenvalue weighted by atomic mass is 9.97. The Kier molecular flexibility index (Phi) is 5.10. The van der Waals surface area contributed by atoms with Crippen LogP contribution in [-0.2, 0) is 11.0 Å². The zero-order valence-corrected chi connectivity index (χ0v) is 13.0. The maximum Gasteiger partial charge on any atom is 0.125 e. The van der Waals surface area contributed by atoms with Crippen LogP contribution in [0.5, 0.6) is 0 Å². The minimum atomic E-state index is -1.19. The molecule has 2 atom stereocenters. The van der Waals surface area contributed by atoms with E-state index in [0.717, 1.165) is 4.90 Å². The summed E-state index contributed by atoms with van der Waals surface area (Å²) in [5.74, 6) is 0.367. The van der Waals surface area contributed by atoms with E-state index in [-0.39, 0.29) is 6.04 Å². The van der Waals surface area contributed by atoms with Crippen molar-refractivity contribution in [1.82, 2.24) is 4.72 Å². The van der Waals surface area contributed by atoms with Gasteiger partial charge >= 0.3 is 0 Å². The van der Waals surface area contributed by atoms with Crippen LogP contribution >= 0.6 is 0 Å². The zero-order valence-electron chi connectivity index (χ0n) is 12.2. The predicted octanol–water partition coefficient (Wildman–Crippen LogP) is 4.00. The molecule has 0 aliphatic carbocycles. The summed E-state index contributed by atoms with van der Waals surface area (Å²) >= 11 is 0. The third kappa shape index (κ3) is 3.78. The minimum absolute atomic E-state index is 0.0818. The monoisotopic (exact) mass is 287 g/mol. The van der Waals surface area contributed by atoms with Crippen molar-refractivity contribution in [2.45, 2.75) is 31.7 Å². The van der Waals surface area contributed by atoms with Gasteiger partial charge in [-0.2, -0.15) is 0 Å². The number of aryl methyl sites for hydroxylation is 1. The molecule has 3 heteroatoms. The van der Waals surface area contributed by atoms with Gasteiger partial charge in [-0.05, 0) is 30.5 Å². The van der Waals surface area contributed by atoms with Gasteiger partial charge in [0.05, 0.1) is 4.90 Å². The highest BCUT2D eigenvalue weighted by Crippen LogP contribution is 2.23. The molecule has 0 heterocycles. The van der Waals surface area contributed by atoms with Crippen LogP contribution in [0, 0.1) is 12.8 Å². The van der Waals surface area contributed by atoms with Crippen molar-refractivity contribution in [3.05, 3.63) is 65.7 Å². The predicted molar refractivity (Wildman–Crippen MR) is 84.7 cm³/mol. The smallest absolute Gasteiger partial charge is 0.125 e.